The van der Waals surface area contributed by atoms with Gasteiger partial charge in [0.2, 0.25) is 0 Å². The van der Waals surface area contributed by atoms with Crippen LogP contribution in [0.25, 0.3) is 0 Å². The number of alkyl halides is 2. The highest BCUT2D eigenvalue weighted by atomic mass is 19.3. The van der Waals surface area contributed by atoms with Crippen molar-refractivity contribution in [1.29, 1.82) is 0 Å². The minimum atomic E-state index is -3.07. The van der Waals surface area contributed by atoms with E-state index in [1.165, 1.54) is 10.7 Å². The molecule has 0 radical (unpaired) electrons. The summed E-state index contributed by atoms with van der Waals surface area (Å²) in [7, 11) is 0. The van der Waals surface area contributed by atoms with Gasteiger partial charge in [0.05, 0.1) is 25.9 Å². The average molecular weight is 302 g/mol. The number of nitrogens with one attached hydrogen (secondary N) is 1. The van der Waals surface area contributed by atoms with Crippen molar-refractivity contribution in [2.45, 2.75) is 19.7 Å². The Bertz CT molecular complexity index is 592. The zero-order valence-corrected chi connectivity index (χ0v) is 10.8. The number of nitrogens with zero attached hydrogens (tertiary/aromatic N) is 3. The Morgan fingerprint density at radius 3 is 2.86 bits per heavy atom. The zero-order chi connectivity index (χ0) is 15.2. The summed E-state index contributed by atoms with van der Waals surface area (Å²) in [4.78, 5) is 0. The van der Waals surface area contributed by atoms with Crippen molar-refractivity contribution < 1.29 is 23.0 Å². The van der Waals surface area contributed by atoms with Gasteiger partial charge in [-0.2, -0.15) is 8.78 Å². The molecular formula is C12H13F3N4O2. The summed E-state index contributed by atoms with van der Waals surface area (Å²) >= 11 is 0. The fraction of sp³-hybridized carbons (Fsp3) is 0.333. The molecule has 2 aromatic rings. The predicted molar refractivity (Wildman–Crippen MR) is 67.5 cm³/mol. The SMILES string of the molecule is OCCn1cc(CNc2ccc(OC(F)F)c(F)c2)nn1. The lowest BCUT2D eigenvalue weighted by molar-refractivity contribution is -0.0521. The van der Waals surface area contributed by atoms with Crippen LogP contribution in [0.1, 0.15) is 5.69 Å². The molecule has 0 saturated heterocycles. The summed E-state index contributed by atoms with van der Waals surface area (Å²) in [5.41, 5.74) is 0.989. The fourth-order valence-electron chi connectivity index (χ4n) is 1.63. The van der Waals surface area contributed by atoms with Gasteiger partial charge in [0, 0.05) is 11.8 Å². The van der Waals surface area contributed by atoms with Crippen LogP contribution in [0.2, 0.25) is 0 Å². The van der Waals surface area contributed by atoms with E-state index >= 15 is 0 Å². The van der Waals surface area contributed by atoms with Crippen LogP contribution in [0, 0.1) is 5.82 Å². The molecule has 0 fully saturated rings. The molecule has 21 heavy (non-hydrogen) atoms. The van der Waals surface area contributed by atoms with Crippen molar-refractivity contribution in [2.24, 2.45) is 0 Å². The number of rotatable bonds is 7. The zero-order valence-electron chi connectivity index (χ0n) is 10.8. The Labute approximate surface area is 118 Å². The van der Waals surface area contributed by atoms with E-state index in [2.05, 4.69) is 20.4 Å². The normalized spacial score (nSPS) is 10.9. The molecule has 0 aliphatic carbocycles. The number of halogens is 3. The molecule has 0 aliphatic rings. The molecule has 0 aliphatic heterocycles. The van der Waals surface area contributed by atoms with Gasteiger partial charge in [-0.15, -0.1) is 5.10 Å². The average Bonchev–Trinajstić information content (AvgIpc) is 2.87. The largest absolute Gasteiger partial charge is 0.432 e. The second-order valence-electron chi connectivity index (χ2n) is 4.07. The Kier molecular flexibility index (Phi) is 4.99. The second kappa shape index (κ2) is 6.93. The highest BCUT2D eigenvalue weighted by molar-refractivity contribution is 5.47. The van der Waals surface area contributed by atoms with E-state index in [4.69, 9.17) is 5.11 Å². The highest BCUT2D eigenvalue weighted by Gasteiger charge is 2.10. The van der Waals surface area contributed by atoms with E-state index in [0.29, 0.717) is 17.9 Å². The first-order chi connectivity index (χ1) is 10.1. The quantitative estimate of drug-likeness (QED) is 0.813. The molecule has 1 heterocycles. The Morgan fingerprint density at radius 1 is 1.38 bits per heavy atom. The van der Waals surface area contributed by atoms with Crippen LogP contribution in [0.15, 0.2) is 24.4 Å². The lowest BCUT2D eigenvalue weighted by atomic mass is 10.3. The molecule has 6 nitrogen and oxygen atoms in total. The molecule has 2 N–H and O–H groups in total. The van der Waals surface area contributed by atoms with Crippen LogP contribution >= 0.6 is 0 Å². The molecule has 0 bridgehead atoms. The van der Waals surface area contributed by atoms with E-state index in [1.54, 1.807) is 6.20 Å². The van der Waals surface area contributed by atoms with Gasteiger partial charge >= 0.3 is 6.61 Å². The number of hydrogen-bond acceptors (Lipinski definition) is 5. The number of anilines is 1. The lowest BCUT2D eigenvalue weighted by Gasteiger charge is -2.08. The highest BCUT2D eigenvalue weighted by Crippen LogP contribution is 2.23. The van der Waals surface area contributed by atoms with Gasteiger partial charge in [-0.25, -0.2) is 9.07 Å². The minimum Gasteiger partial charge on any atom is -0.432 e. The topological polar surface area (TPSA) is 72.2 Å². The van der Waals surface area contributed by atoms with Crippen molar-refractivity contribution in [3.63, 3.8) is 0 Å². The number of aliphatic hydroxyl groups excluding tert-OH is 1. The molecule has 9 heteroatoms. The van der Waals surface area contributed by atoms with E-state index in [-0.39, 0.29) is 13.2 Å². The number of hydrogen-bond donors (Lipinski definition) is 2. The standard InChI is InChI=1S/C12H13F3N4O2/c13-10-5-8(1-2-11(10)21-12(14)15)16-6-9-7-19(3-4-20)18-17-9/h1-2,5,7,12,16,20H,3-4,6H2. The molecular weight excluding hydrogens is 289 g/mol. The fourth-order valence-corrected chi connectivity index (χ4v) is 1.63. The third kappa shape index (κ3) is 4.35. The molecule has 114 valence electrons. The second-order valence-corrected chi connectivity index (χ2v) is 4.07. The van der Waals surface area contributed by atoms with Crippen molar-refractivity contribution in [2.75, 3.05) is 11.9 Å². The van der Waals surface area contributed by atoms with Gasteiger partial charge in [-0.1, -0.05) is 5.21 Å². The molecule has 2 rings (SSSR count). The van der Waals surface area contributed by atoms with Crippen molar-refractivity contribution >= 4 is 5.69 Å². The summed E-state index contributed by atoms with van der Waals surface area (Å²) < 4.78 is 43.0. The van der Waals surface area contributed by atoms with Crippen molar-refractivity contribution in [3.05, 3.63) is 35.9 Å². The van der Waals surface area contributed by atoms with Crippen LogP contribution in [-0.4, -0.2) is 33.3 Å². The van der Waals surface area contributed by atoms with E-state index < -0.39 is 18.2 Å². The summed E-state index contributed by atoms with van der Waals surface area (Å²) in [5, 5.41) is 19.2. The summed E-state index contributed by atoms with van der Waals surface area (Å²) in [5.74, 6) is -1.39. The Balaban J connectivity index is 1.94. The van der Waals surface area contributed by atoms with Gasteiger partial charge in [-0.05, 0) is 12.1 Å². The molecule has 1 aromatic carbocycles. The lowest BCUT2D eigenvalue weighted by Crippen LogP contribution is -2.05. The maximum Gasteiger partial charge on any atom is 0.387 e. The Hall–Kier alpha value is -2.29. The first kappa shape index (κ1) is 15.1. The van der Waals surface area contributed by atoms with Gasteiger partial charge in [0.25, 0.3) is 0 Å². The number of aromatic nitrogens is 3. The molecule has 0 saturated carbocycles. The van der Waals surface area contributed by atoms with Crippen LogP contribution in [0.3, 0.4) is 0 Å². The van der Waals surface area contributed by atoms with Crippen molar-refractivity contribution in [3.8, 4) is 5.75 Å². The molecule has 0 amide bonds. The third-order valence-electron chi connectivity index (χ3n) is 2.54. The third-order valence-corrected chi connectivity index (χ3v) is 2.54. The van der Waals surface area contributed by atoms with Crippen LogP contribution in [-0.2, 0) is 13.1 Å². The number of aliphatic hydroxyl groups is 1. The molecule has 0 spiro atoms. The first-order valence-corrected chi connectivity index (χ1v) is 6.06. The minimum absolute atomic E-state index is 0.0486. The van der Waals surface area contributed by atoms with E-state index in [1.807, 2.05) is 0 Å². The van der Waals surface area contributed by atoms with Crippen LogP contribution < -0.4 is 10.1 Å². The van der Waals surface area contributed by atoms with E-state index in [9.17, 15) is 13.2 Å². The summed E-state index contributed by atoms with van der Waals surface area (Å²) in [6.45, 7) is -2.51. The molecule has 0 unspecified atom stereocenters. The van der Waals surface area contributed by atoms with Gasteiger partial charge in [-0.3, -0.25) is 0 Å². The monoisotopic (exact) mass is 302 g/mol. The molecule has 1 aromatic heterocycles. The van der Waals surface area contributed by atoms with Gasteiger partial charge in [0.1, 0.15) is 5.69 Å². The maximum atomic E-state index is 13.5. The van der Waals surface area contributed by atoms with E-state index in [0.717, 1.165) is 12.1 Å². The molecule has 0 atom stereocenters. The summed E-state index contributed by atoms with van der Waals surface area (Å²) in [6, 6.07) is 3.58. The Morgan fingerprint density at radius 2 is 2.19 bits per heavy atom. The number of benzene rings is 1. The maximum absolute atomic E-state index is 13.5. The first-order valence-electron chi connectivity index (χ1n) is 6.06. The van der Waals surface area contributed by atoms with Crippen molar-refractivity contribution in [1.82, 2.24) is 15.0 Å². The smallest absolute Gasteiger partial charge is 0.387 e. The predicted octanol–water partition coefficient (Wildman–Crippen LogP) is 1.62. The summed E-state index contributed by atoms with van der Waals surface area (Å²) in [6.07, 6.45) is 1.63. The van der Waals surface area contributed by atoms with Crippen LogP contribution in [0.4, 0.5) is 18.9 Å². The van der Waals surface area contributed by atoms with Gasteiger partial charge in [0.15, 0.2) is 11.6 Å². The number of ether oxygens (including phenoxy) is 1. The van der Waals surface area contributed by atoms with Crippen LogP contribution in [0.5, 0.6) is 5.75 Å². The van der Waals surface area contributed by atoms with Gasteiger partial charge < -0.3 is 15.2 Å².